The molecule has 1 saturated heterocycles. The van der Waals surface area contributed by atoms with Crippen LogP contribution in [0.25, 0.3) is 0 Å². The Hall–Kier alpha value is -2.50. The van der Waals surface area contributed by atoms with E-state index in [-0.39, 0.29) is 12.0 Å². The molecular formula is C18H23N3O3. The number of nitrogens with one attached hydrogen (secondary N) is 1. The van der Waals surface area contributed by atoms with Crippen LogP contribution in [0.5, 0.6) is 11.5 Å². The van der Waals surface area contributed by atoms with Gasteiger partial charge < -0.3 is 14.4 Å². The van der Waals surface area contributed by atoms with Crippen molar-refractivity contribution in [1.82, 2.24) is 15.1 Å². The summed E-state index contributed by atoms with van der Waals surface area (Å²) in [5.41, 5.74) is 1.37. The lowest BCUT2D eigenvalue weighted by atomic mass is 10.1. The maximum atomic E-state index is 12.4. The Morgan fingerprint density at radius 3 is 2.62 bits per heavy atom. The fourth-order valence-electron chi connectivity index (χ4n) is 2.87. The minimum Gasteiger partial charge on any atom is -0.490 e. The van der Waals surface area contributed by atoms with Crippen molar-refractivity contribution in [2.24, 2.45) is 0 Å². The first-order chi connectivity index (χ1) is 11.7. The van der Waals surface area contributed by atoms with Gasteiger partial charge in [0.05, 0.1) is 6.61 Å². The standard InChI is InChI=1S/C18H23N3O3/c1-3-23-16-6-4-5-7-17(16)24-14-8-10-21(11-9-14)18(22)15-12-13(2)19-20-15/h4-7,12,14H,3,8-11H2,1-2H3,(H,19,20). The maximum absolute atomic E-state index is 12.4. The first-order valence-corrected chi connectivity index (χ1v) is 8.37. The van der Waals surface area contributed by atoms with Crippen LogP contribution in [0.4, 0.5) is 0 Å². The van der Waals surface area contributed by atoms with Crippen LogP contribution in [-0.2, 0) is 0 Å². The van der Waals surface area contributed by atoms with Gasteiger partial charge in [0.1, 0.15) is 11.8 Å². The van der Waals surface area contributed by atoms with E-state index in [0.717, 1.165) is 30.0 Å². The largest absolute Gasteiger partial charge is 0.490 e. The van der Waals surface area contributed by atoms with Crippen LogP contribution < -0.4 is 9.47 Å². The van der Waals surface area contributed by atoms with E-state index < -0.39 is 0 Å². The third kappa shape index (κ3) is 3.69. The lowest BCUT2D eigenvalue weighted by molar-refractivity contribution is 0.0584. The van der Waals surface area contributed by atoms with Gasteiger partial charge >= 0.3 is 0 Å². The molecule has 1 fully saturated rings. The summed E-state index contributed by atoms with van der Waals surface area (Å²) in [4.78, 5) is 14.2. The van der Waals surface area contributed by atoms with Gasteiger partial charge in [0.2, 0.25) is 0 Å². The number of likely N-dealkylation sites (tertiary alicyclic amines) is 1. The molecule has 1 aliphatic heterocycles. The summed E-state index contributed by atoms with van der Waals surface area (Å²) >= 11 is 0. The Kier molecular flexibility index (Phi) is 5.03. The van der Waals surface area contributed by atoms with Gasteiger partial charge in [-0.3, -0.25) is 9.89 Å². The molecule has 3 rings (SSSR count). The smallest absolute Gasteiger partial charge is 0.274 e. The number of aryl methyl sites for hydroxylation is 1. The molecule has 1 N–H and O–H groups in total. The van der Waals surface area contributed by atoms with Gasteiger partial charge in [0.25, 0.3) is 5.91 Å². The van der Waals surface area contributed by atoms with Gasteiger partial charge in [-0.25, -0.2) is 0 Å². The van der Waals surface area contributed by atoms with E-state index in [1.165, 1.54) is 0 Å². The van der Waals surface area contributed by atoms with Crippen molar-refractivity contribution >= 4 is 5.91 Å². The van der Waals surface area contributed by atoms with Gasteiger partial charge in [0, 0.05) is 31.6 Å². The molecule has 128 valence electrons. The first kappa shape index (κ1) is 16.4. The molecule has 1 aromatic carbocycles. The van der Waals surface area contributed by atoms with Gasteiger partial charge in [-0.2, -0.15) is 5.10 Å². The van der Waals surface area contributed by atoms with Crippen LogP contribution in [0.2, 0.25) is 0 Å². The number of carbonyl (C=O) groups is 1. The molecule has 6 nitrogen and oxygen atoms in total. The first-order valence-electron chi connectivity index (χ1n) is 8.37. The van der Waals surface area contributed by atoms with Gasteiger partial charge in [-0.05, 0) is 32.0 Å². The second-order valence-corrected chi connectivity index (χ2v) is 5.93. The predicted molar refractivity (Wildman–Crippen MR) is 90.5 cm³/mol. The summed E-state index contributed by atoms with van der Waals surface area (Å²) in [7, 11) is 0. The van der Waals surface area contributed by atoms with Crippen molar-refractivity contribution in [3.8, 4) is 11.5 Å². The third-order valence-electron chi connectivity index (χ3n) is 4.10. The number of hydrogen-bond acceptors (Lipinski definition) is 4. The summed E-state index contributed by atoms with van der Waals surface area (Å²) in [6.07, 6.45) is 1.70. The summed E-state index contributed by atoms with van der Waals surface area (Å²) in [5.74, 6) is 1.52. The zero-order valence-corrected chi connectivity index (χ0v) is 14.1. The minimum absolute atomic E-state index is 0.0208. The van der Waals surface area contributed by atoms with Crippen LogP contribution >= 0.6 is 0 Å². The Bertz CT molecular complexity index is 690. The van der Waals surface area contributed by atoms with Gasteiger partial charge in [0.15, 0.2) is 11.5 Å². The molecule has 24 heavy (non-hydrogen) atoms. The average Bonchev–Trinajstić information content (AvgIpc) is 3.03. The van der Waals surface area contributed by atoms with E-state index in [2.05, 4.69) is 10.2 Å². The molecule has 2 aromatic rings. The Labute approximate surface area is 141 Å². The minimum atomic E-state index is -0.0208. The van der Waals surface area contributed by atoms with Crippen molar-refractivity contribution in [3.63, 3.8) is 0 Å². The molecule has 6 heteroatoms. The highest BCUT2D eigenvalue weighted by Gasteiger charge is 2.26. The number of hydrogen-bond donors (Lipinski definition) is 1. The summed E-state index contributed by atoms with van der Waals surface area (Å²) < 4.78 is 11.7. The number of nitrogens with zero attached hydrogens (tertiary/aromatic N) is 2. The van der Waals surface area contributed by atoms with Crippen molar-refractivity contribution in [1.29, 1.82) is 0 Å². The lowest BCUT2D eigenvalue weighted by Crippen LogP contribution is -2.42. The highest BCUT2D eigenvalue weighted by molar-refractivity contribution is 5.92. The fourth-order valence-corrected chi connectivity index (χ4v) is 2.87. The van der Waals surface area contributed by atoms with Crippen LogP contribution in [0, 0.1) is 6.92 Å². The zero-order valence-electron chi connectivity index (χ0n) is 14.1. The monoisotopic (exact) mass is 329 g/mol. The number of rotatable bonds is 5. The predicted octanol–water partition coefficient (Wildman–Crippen LogP) is 2.80. The molecule has 0 spiro atoms. The Morgan fingerprint density at radius 1 is 1.29 bits per heavy atom. The van der Waals surface area contributed by atoms with Crippen LogP contribution in [0.3, 0.4) is 0 Å². The molecule has 0 saturated carbocycles. The van der Waals surface area contributed by atoms with E-state index in [0.29, 0.717) is 25.4 Å². The molecule has 1 aromatic heterocycles. The number of aromatic amines is 1. The number of amides is 1. The van der Waals surface area contributed by atoms with Gasteiger partial charge in [-0.1, -0.05) is 12.1 Å². The second-order valence-electron chi connectivity index (χ2n) is 5.93. The van der Waals surface area contributed by atoms with Crippen molar-refractivity contribution in [2.75, 3.05) is 19.7 Å². The van der Waals surface area contributed by atoms with Crippen LogP contribution in [-0.4, -0.2) is 46.8 Å². The van der Waals surface area contributed by atoms with Crippen molar-refractivity contribution in [3.05, 3.63) is 41.7 Å². The van der Waals surface area contributed by atoms with Crippen molar-refractivity contribution < 1.29 is 14.3 Å². The number of H-pyrrole nitrogens is 1. The van der Waals surface area contributed by atoms with E-state index in [1.807, 2.05) is 43.0 Å². The molecule has 0 unspecified atom stereocenters. The van der Waals surface area contributed by atoms with Crippen LogP contribution in [0.15, 0.2) is 30.3 Å². The number of aromatic nitrogens is 2. The number of ether oxygens (including phenoxy) is 2. The Balaban J connectivity index is 1.57. The number of para-hydroxylation sites is 2. The van der Waals surface area contributed by atoms with Gasteiger partial charge in [-0.15, -0.1) is 0 Å². The molecule has 0 aliphatic carbocycles. The molecular weight excluding hydrogens is 306 g/mol. The summed E-state index contributed by atoms with van der Waals surface area (Å²) in [5, 5.41) is 6.86. The molecule has 1 amide bonds. The second kappa shape index (κ2) is 7.38. The Morgan fingerprint density at radius 2 is 2.00 bits per heavy atom. The van der Waals surface area contributed by atoms with E-state index in [9.17, 15) is 4.79 Å². The van der Waals surface area contributed by atoms with E-state index in [4.69, 9.17) is 9.47 Å². The summed E-state index contributed by atoms with van der Waals surface area (Å²) in [6, 6.07) is 9.50. The zero-order chi connectivity index (χ0) is 16.9. The molecule has 0 bridgehead atoms. The average molecular weight is 329 g/mol. The molecule has 0 atom stereocenters. The number of piperidine rings is 1. The number of carbonyl (C=O) groups excluding carboxylic acids is 1. The third-order valence-corrected chi connectivity index (χ3v) is 4.10. The molecule has 1 aliphatic rings. The fraction of sp³-hybridized carbons (Fsp3) is 0.444. The van der Waals surface area contributed by atoms with Crippen molar-refractivity contribution in [2.45, 2.75) is 32.8 Å². The summed E-state index contributed by atoms with van der Waals surface area (Å²) in [6.45, 7) is 5.80. The molecule has 2 heterocycles. The maximum Gasteiger partial charge on any atom is 0.274 e. The van der Waals surface area contributed by atoms with Crippen LogP contribution in [0.1, 0.15) is 35.9 Å². The van der Waals surface area contributed by atoms with E-state index >= 15 is 0 Å². The SMILES string of the molecule is CCOc1ccccc1OC1CCN(C(=O)c2cc(C)[nH]n2)CC1. The topological polar surface area (TPSA) is 67.5 Å². The molecule has 0 radical (unpaired) electrons. The lowest BCUT2D eigenvalue weighted by Gasteiger charge is -2.32. The highest BCUT2D eigenvalue weighted by atomic mass is 16.5. The quantitative estimate of drug-likeness (QED) is 0.916. The number of benzene rings is 1. The highest BCUT2D eigenvalue weighted by Crippen LogP contribution is 2.29. The normalized spacial score (nSPS) is 15.3. The van der Waals surface area contributed by atoms with E-state index in [1.54, 1.807) is 6.07 Å².